The van der Waals surface area contributed by atoms with E-state index in [4.69, 9.17) is 10.5 Å². The third kappa shape index (κ3) is 2.80. The second-order valence-electron chi connectivity index (χ2n) is 3.58. The Morgan fingerprint density at radius 1 is 1.56 bits per heavy atom. The number of hydrogen-bond donors (Lipinski definition) is 1. The Labute approximate surface area is 99.8 Å². The van der Waals surface area contributed by atoms with E-state index < -0.39 is 0 Å². The highest BCUT2D eigenvalue weighted by Gasteiger charge is 2.20. The van der Waals surface area contributed by atoms with E-state index in [-0.39, 0.29) is 12.0 Å². The SMILES string of the molecule is CCCc1nc(C(N)CC)sc1C(=O)OC. The van der Waals surface area contributed by atoms with Gasteiger partial charge in [-0.05, 0) is 12.8 Å². The number of ether oxygens (including phenoxy) is 1. The van der Waals surface area contributed by atoms with Gasteiger partial charge >= 0.3 is 5.97 Å². The van der Waals surface area contributed by atoms with E-state index in [0.29, 0.717) is 4.88 Å². The van der Waals surface area contributed by atoms with E-state index >= 15 is 0 Å². The zero-order chi connectivity index (χ0) is 12.1. The van der Waals surface area contributed by atoms with Gasteiger partial charge in [0, 0.05) is 0 Å². The number of carbonyl (C=O) groups excluding carboxylic acids is 1. The smallest absolute Gasteiger partial charge is 0.349 e. The van der Waals surface area contributed by atoms with Gasteiger partial charge in [0.1, 0.15) is 9.88 Å². The number of carbonyl (C=O) groups is 1. The van der Waals surface area contributed by atoms with E-state index in [2.05, 4.69) is 11.9 Å². The predicted octanol–water partition coefficient (Wildman–Crippen LogP) is 2.29. The predicted molar refractivity (Wildman–Crippen MR) is 64.7 cm³/mol. The van der Waals surface area contributed by atoms with Gasteiger partial charge in [0.05, 0.1) is 18.8 Å². The van der Waals surface area contributed by atoms with Crippen molar-refractivity contribution in [1.29, 1.82) is 0 Å². The number of rotatable bonds is 5. The Morgan fingerprint density at radius 3 is 2.75 bits per heavy atom. The van der Waals surface area contributed by atoms with Crippen LogP contribution in [0.1, 0.15) is 53.1 Å². The largest absolute Gasteiger partial charge is 0.465 e. The fraction of sp³-hybridized carbons (Fsp3) is 0.636. The van der Waals surface area contributed by atoms with E-state index in [1.54, 1.807) is 0 Å². The van der Waals surface area contributed by atoms with Gasteiger partial charge in [-0.1, -0.05) is 20.3 Å². The molecule has 1 aromatic rings. The normalized spacial score (nSPS) is 12.5. The van der Waals surface area contributed by atoms with E-state index in [0.717, 1.165) is 30.0 Å². The van der Waals surface area contributed by atoms with Crippen LogP contribution in [0.15, 0.2) is 0 Å². The minimum Gasteiger partial charge on any atom is -0.465 e. The minimum absolute atomic E-state index is 0.0842. The summed E-state index contributed by atoms with van der Waals surface area (Å²) < 4.78 is 4.74. The second-order valence-corrected chi connectivity index (χ2v) is 4.61. The Bertz CT molecular complexity index is 363. The van der Waals surface area contributed by atoms with Crippen molar-refractivity contribution >= 4 is 17.3 Å². The monoisotopic (exact) mass is 242 g/mol. The summed E-state index contributed by atoms with van der Waals surface area (Å²) in [5.74, 6) is -0.310. The molecule has 0 aromatic carbocycles. The molecule has 2 N–H and O–H groups in total. The molecule has 0 bridgehead atoms. The maximum Gasteiger partial charge on any atom is 0.349 e. The molecular weight excluding hydrogens is 224 g/mol. The first-order valence-electron chi connectivity index (χ1n) is 5.47. The average molecular weight is 242 g/mol. The number of nitrogens with zero attached hydrogens (tertiary/aromatic N) is 1. The lowest BCUT2D eigenvalue weighted by atomic mass is 10.2. The average Bonchev–Trinajstić information content (AvgIpc) is 2.71. The molecule has 90 valence electrons. The summed E-state index contributed by atoms with van der Waals surface area (Å²) in [6.07, 6.45) is 2.56. The molecule has 0 amide bonds. The van der Waals surface area contributed by atoms with Crippen LogP contribution < -0.4 is 5.73 Å². The van der Waals surface area contributed by atoms with Gasteiger partial charge < -0.3 is 10.5 Å². The van der Waals surface area contributed by atoms with Crippen molar-refractivity contribution in [1.82, 2.24) is 4.98 Å². The molecule has 0 aliphatic heterocycles. The van der Waals surface area contributed by atoms with E-state index in [1.807, 2.05) is 6.92 Å². The van der Waals surface area contributed by atoms with Crippen LogP contribution in [0.2, 0.25) is 0 Å². The third-order valence-electron chi connectivity index (χ3n) is 2.33. The Hall–Kier alpha value is -0.940. The van der Waals surface area contributed by atoms with Crippen molar-refractivity contribution in [3.05, 3.63) is 15.6 Å². The molecular formula is C11H18N2O2S. The number of thiazole rings is 1. The van der Waals surface area contributed by atoms with Crippen LogP contribution in [0.3, 0.4) is 0 Å². The molecule has 1 atom stereocenters. The van der Waals surface area contributed by atoms with Gasteiger partial charge in [0.15, 0.2) is 0 Å². The van der Waals surface area contributed by atoms with Gasteiger partial charge in [0.2, 0.25) is 0 Å². The van der Waals surface area contributed by atoms with Gasteiger partial charge in [-0.3, -0.25) is 0 Å². The first-order chi connectivity index (χ1) is 7.63. The van der Waals surface area contributed by atoms with Crippen LogP contribution in [0.4, 0.5) is 0 Å². The molecule has 5 heteroatoms. The van der Waals surface area contributed by atoms with Crippen molar-refractivity contribution < 1.29 is 9.53 Å². The summed E-state index contributed by atoms with van der Waals surface area (Å²) >= 11 is 1.35. The lowest BCUT2D eigenvalue weighted by Crippen LogP contribution is -2.08. The van der Waals surface area contributed by atoms with Crippen LogP contribution in [-0.4, -0.2) is 18.1 Å². The van der Waals surface area contributed by atoms with Crippen LogP contribution in [-0.2, 0) is 11.2 Å². The number of nitrogens with two attached hydrogens (primary N) is 1. The maximum absolute atomic E-state index is 11.5. The van der Waals surface area contributed by atoms with Crippen LogP contribution in [0.5, 0.6) is 0 Å². The molecule has 1 rings (SSSR count). The number of esters is 1. The van der Waals surface area contributed by atoms with Gasteiger partial charge in [-0.15, -0.1) is 11.3 Å². The van der Waals surface area contributed by atoms with Crippen molar-refractivity contribution in [3.8, 4) is 0 Å². The Kier molecular flexibility index (Phi) is 4.89. The minimum atomic E-state index is -0.310. The summed E-state index contributed by atoms with van der Waals surface area (Å²) in [5, 5.41) is 0.825. The zero-order valence-electron chi connectivity index (χ0n) is 9.95. The third-order valence-corrected chi connectivity index (χ3v) is 3.54. The van der Waals surface area contributed by atoms with Crippen molar-refractivity contribution in [2.45, 2.75) is 39.2 Å². The highest BCUT2D eigenvalue weighted by atomic mass is 32.1. The van der Waals surface area contributed by atoms with Crippen molar-refractivity contribution in [2.75, 3.05) is 7.11 Å². The van der Waals surface area contributed by atoms with Gasteiger partial charge in [-0.25, -0.2) is 9.78 Å². The molecule has 0 fully saturated rings. The molecule has 0 saturated heterocycles. The number of methoxy groups -OCH3 is 1. The summed E-state index contributed by atoms with van der Waals surface area (Å²) in [6.45, 7) is 4.06. The van der Waals surface area contributed by atoms with E-state index in [9.17, 15) is 4.79 Å². The molecule has 0 spiro atoms. The summed E-state index contributed by atoms with van der Waals surface area (Å²) in [6, 6.07) is -0.0842. The summed E-state index contributed by atoms with van der Waals surface area (Å²) in [5.41, 5.74) is 6.73. The standard InChI is InChI=1S/C11H18N2O2S/c1-4-6-8-9(11(14)15-3)16-10(13-8)7(12)5-2/h7H,4-6,12H2,1-3H3. The quantitative estimate of drug-likeness (QED) is 0.804. The molecule has 0 aliphatic carbocycles. The van der Waals surface area contributed by atoms with Gasteiger partial charge in [-0.2, -0.15) is 0 Å². The fourth-order valence-electron chi connectivity index (χ4n) is 1.36. The fourth-order valence-corrected chi connectivity index (χ4v) is 2.48. The van der Waals surface area contributed by atoms with Gasteiger partial charge in [0.25, 0.3) is 0 Å². The van der Waals surface area contributed by atoms with Crippen LogP contribution in [0, 0.1) is 0 Å². The molecule has 1 aromatic heterocycles. The first-order valence-corrected chi connectivity index (χ1v) is 6.29. The summed E-state index contributed by atoms with van der Waals surface area (Å²) in [4.78, 5) is 16.6. The molecule has 0 radical (unpaired) electrons. The highest BCUT2D eigenvalue weighted by Crippen LogP contribution is 2.25. The maximum atomic E-state index is 11.5. The second kappa shape index (κ2) is 5.96. The lowest BCUT2D eigenvalue weighted by Gasteiger charge is -2.01. The highest BCUT2D eigenvalue weighted by molar-refractivity contribution is 7.13. The van der Waals surface area contributed by atoms with Crippen molar-refractivity contribution in [3.63, 3.8) is 0 Å². The number of aromatic nitrogens is 1. The van der Waals surface area contributed by atoms with Crippen molar-refractivity contribution in [2.24, 2.45) is 5.73 Å². The zero-order valence-corrected chi connectivity index (χ0v) is 10.8. The Balaban J connectivity index is 3.04. The summed E-state index contributed by atoms with van der Waals surface area (Å²) in [7, 11) is 1.39. The Morgan fingerprint density at radius 2 is 2.25 bits per heavy atom. The molecule has 16 heavy (non-hydrogen) atoms. The number of aryl methyl sites for hydroxylation is 1. The number of hydrogen-bond acceptors (Lipinski definition) is 5. The van der Waals surface area contributed by atoms with Crippen LogP contribution in [0.25, 0.3) is 0 Å². The lowest BCUT2D eigenvalue weighted by molar-refractivity contribution is 0.0605. The molecule has 0 saturated carbocycles. The first kappa shape index (κ1) is 13.1. The molecule has 4 nitrogen and oxygen atoms in total. The molecule has 1 unspecified atom stereocenters. The van der Waals surface area contributed by atoms with E-state index in [1.165, 1.54) is 18.4 Å². The van der Waals surface area contributed by atoms with Crippen LogP contribution >= 0.6 is 11.3 Å². The molecule has 1 heterocycles. The molecule has 0 aliphatic rings. The topological polar surface area (TPSA) is 65.2 Å².